The van der Waals surface area contributed by atoms with Gasteiger partial charge in [0.15, 0.2) is 0 Å². The monoisotopic (exact) mass is 249 g/mol. The molecule has 0 heterocycles. The fraction of sp³-hybridized carbons (Fsp3) is 0.800. The maximum Gasteiger partial charge on any atom is 0.220 e. The molecule has 0 aromatic carbocycles. The first-order valence-corrected chi connectivity index (χ1v) is 6.43. The number of Topliss-reactive ketones (excluding diaryl/α,β-unsaturated/α-hetero) is 1. The average molecular weight is 249 g/mol. The molecule has 0 saturated heterocycles. The molecule has 0 bridgehead atoms. The van der Waals surface area contributed by atoms with Crippen molar-refractivity contribution in [2.75, 3.05) is 11.5 Å². The first-order chi connectivity index (χ1) is 7.13. The molecule has 5 heteroatoms. The predicted molar refractivity (Wildman–Crippen MR) is 68.8 cm³/mol. The maximum atomic E-state index is 11.4. The number of nitrogens with one attached hydrogen (secondary N) is 1. The molecule has 0 aliphatic rings. The van der Waals surface area contributed by atoms with Gasteiger partial charge in [0.2, 0.25) is 5.91 Å². The van der Waals surface area contributed by atoms with Crippen LogP contribution in [0.15, 0.2) is 0 Å². The smallest absolute Gasteiger partial charge is 0.220 e. The van der Waals surface area contributed by atoms with E-state index in [0.717, 1.165) is 12.2 Å². The fourth-order valence-corrected chi connectivity index (χ4v) is 1.68. The standard InChI is InChI=1S/C10H19NO2S2/c1-2-9(12)3-4-10(13)11-8(7-15)5-6-14/h8,14-15H,2-7H2,1H3,(H,11,13). The quantitative estimate of drug-likeness (QED) is 0.571. The summed E-state index contributed by atoms with van der Waals surface area (Å²) in [7, 11) is 0. The van der Waals surface area contributed by atoms with Crippen LogP contribution in [0.1, 0.15) is 32.6 Å². The molecule has 3 nitrogen and oxygen atoms in total. The lowest BCUT2D eigenvalue weighted by atomic mass is 10.1. The van der Waals surface area contributed by atoms with E-state index >= 15 is 0 Å². The van der Waals surface area contributed by atoms with Crippen LogP contribution >= 0.6 is 25.3 Å². The fourth-order valence-electron chi connectivity index (χ4n) is 1.09. The van der Waals surface area contributed by atoms with E-state index in [4.69, 9.17) is 0 Å². The van der Waals surface area contributed by atoms with Crippen LogP contribution < -0.4 is 5.32 Å². The lowest BCUT2D eigenvalue weighted by Crippen LogP contribution is -2.36. The van der Waals surface area contributed by atoms with Gasteiger partial charge in [-0.25, -0.2) is 0 Å². The number of hydrogen-bond acceptors (Lipinski definition) is 4. The van der Waals surface area contributed by atoms with Crippen LogP contribution in [0.3, 0.4) is 0 Å². The van der Waals surface area contributed by atoms with E-state index in [9.17, 15) is 9.59 Å². The number of rotatable bonds is 8. The molecule has 0 aliphatic carbocycles. The van der Waals surface area contributed by atoms with Gasteiger partial charge >= 0.3 is 0 Å². The van der Waals surface area contributed by atoms with Crippen molar-refractivity contribution in [1.82, 2.24) is 5.32 Å². The number of carbonyl (C=O) groups is 2. The van der Waals surface area contributed by atoms with E-state index in [0.29, 0.717) is 18.6 Å². The molecule has 0 spiro atoms. The SMILES string of the molecule is CCC(=O)CCC(=O)NC(CS)CCS. The van der Waals surface area contributed by atoms with Gasteiger partial charge in [-0.3, -0.25) is 9.59 Å². The maximum absolute atomic E-state index is 11.4. The van der Waals surface area contributed by atoms with Gasteiger partial charge in [0.05, 0.1) is 0 Å². The second kappa shape index (κ2) is 9.09. The zero-order chi connectivity index (χ0) is 11.7. The molecule has 88 valence electrons. The molecule has 1 unspecified atom stereocenters. The molecular weight excluding hydrogens is 230 g/mol. The van der Waals surface area contributed by atoms with E-state index in [1.54, 1.807) is 6.92 Å². The van der Waals surface area contributed by atoms with Crippen molar-refractivity contribution in [3.63, 3.8) is 0 Å². The summed E-state index contributed by atoms with van der Waals surface area (Å²) in [6.07, 6.45) is 1.92. The summed E-state index contributed by atoms with van der Waals surface area (Å²) in [4.78, 5) is 22.4. The van der Waals surface area contributed by atoms with E-state index in [2.05, 4.69) is 30.6 Å². The first-order valence-electron chi connectivity index (χ1n) is 5.16. The summed E-state index contributed by atoms with van der Waals surface area (Å²) >= 11 is 8.23. The third-order valence-electron chi connectivity index (χ3n) is 2.09. The highest BCUT2D eigenvalue weighted by Gasteiger charge is 2.10. The van der Waals surface area contributed by atoms with E-state index in [-0.39, 0.29) is 24.2 Å². The Kier molecular flexibility index (Phi) is 9.00. The van der Waals surface area contributed by atoms with Crippen molar-refractivity contribution in [3.05, 3.63) is 0 Å². The molecule has 0 rings (SSSR count). The van der Waals surface area contributed by atoms with Gasteiger partial charge in [0, 0.05) is 31.1 Å². The Balaban J connectivity index is 3.75. The largest absolute Gasteiger partial charge is 0.353 e. The van der Waals surface area contributed by atoms with Crippen molar-refractivity contribution in [1.29, 1.82) is 0 Å². The number of ketones is 1. The highest BCUT2D eigenvalue weighted by molar-refractivity contribution is 7.80. The molecule has 0 saturated carbocycles. The van der Waals surface area contributed by atoms with Crippen molar-refractivity contribution in [2.24, 2.45) is 0 Å². The molecule has 0 aromatic heterocycles. The number of thiol groups is 2. The Morgan fingerprint density at radius 3 is 2.40 bits per heavy atom. The second-order valence-corrected chi connectivity index (χ2v) is 4.16. The van der Waals surface area contributed by atoms with Gasteiger partial charge in [0.25, 0.3) is 0 Å². The van der Waals surface area contributed by atoms with E-state index < -0.39 is 0 Å². The normalized spacial score (nSPS) is 12.2. The third-order valence-corrected chi connectivity index (χ3v) is 2.79. The minimum Gasteiger partial charge on any atom is -0.353 e. The van der Waals surface area contributed by atoms with Gasteiger partial charge in [-0.2, -0.15) is 25.3 Å². The third kappa shape index (κ3) is 7.73. The molecule has 0 aliphatic heterocycles. The van der Waals surface area contributed by atoms with Gasteiger partial charge in [-0.05, 0) is 12.2 Å². The Morgan fingerprint density at radius 1 is 1.27 bits per heavy atom. The highest BCUT2D eigenvalue weighted by Crippen LogP contribution is 2.00. The summed E-state index contributed by atoms with van der Waals surface area (Å²) in [6, 6.07) is 0.0649. The summed E-state index contributed by atoms with van der Waals surface area (Å²) < 4.78 is 0. The van der Waals surface area contributed by atoms with Crippen LogP contribution in [0.4, 0.5) is 0 Å². The van der Waals surface area contributed by atoms with Crippen molar-refractivity contribution >= 4 is 36.9 Å². The van der Waals surface area contributed by atoms with Crippen LogP contribution in [-0.4, -0.2) is 29.2 Å². The van der Waals surface area contributed by atoms with Crippen LogP contribution in [0.5, 0.6) is 0 Å². The summed E-state index contributed by atoms with van der Waals surface area (Å²) in [5.74, 6) is 1.38. The summed E-state index contributed by atoms with van der Waals surface area (Å²) in [5, 5.41) is 2.83. The highest BCUT2D eigenvalue weighted by atomic mass is 32.1. The van der Waals surface area contributed by atoms with E-state index in [1.165, 1.54) is 0 Å². The topological polar surface area (TPSA) is 46.2 Å². The van der Waals surface area contributed by atoms with Crippen LogP contribution in [-0.2, 0) is 9.59 Å². The average Bonchev–Trinajstić information content (AvgIpc) is 2.25. The Morgan fingerprint density at radius 2 is 1.93 bits per heavy atom. The first kappa shape index (κ1) is 14.8. The van der Waals surface area contributed by atoms with E-state index in [1.807, 2.05) is 0 Å². The van der Waals surface area contributed by atoms with Gasteiger partial charge in [-0.1, -0.05) is 6.92 Å². The Labute approximate surface area is 102 Å². The zero-order valence-electron chi connectivity index (χ0n) is 9.03. The second-order valence-electron chi connectivity index (χ2n) is 3.35. The lowest BCUT2D eigenvalue weighted by molar-refractivity contribution is -0.125. The van der Waals surface area contributed by atoms with Gasteiger partial charge in [-0.15, -0.1) is 0 Å². The molecule has 1 N–H and O–H groups in total. The molecule has 0 radical (unpaired) electrons. The van der Waals surface area contributed by atoms with Crippen molar-refractivity contribution in [3.8, 4) is 0 Å². The van der Waals surface area contributed by atoms with Gasteiger partial charge in [0.1, 0.15) is 5.78 Å². The number of carbonyl (C=O) groups excluding carboxylic acids is 2. The summed E-state index contributed by atoms with van der Waals surface area (Å²) in [6.45, 7) is 1.80. The number of hydrogen-bond donors (Lipinski definition) is 3. The molecule has 0 fully saturated rings. The van der Waals surface area contributed by atoms with Crippen LogP contribution in [0, 0.1) is 0 Å². The van der Waals surface area contributed by atoms with Crippen LogP contribution in [0.25, 0.3) is 0 Å². The van der Waals surface area contributed by atoms with Crippen molar-refractivity contribution < 1.29 is 9.59 Å². The molecule has 15 heavy (non-hydrogen) atoms. The summed E-state index contributed by atoms with van der Waals surface area (Å²) in [5.41, 5.74) is 0. The minimum atomic E-state index is -0.0716. The predicted octanol–water partition coefficient (Wildman–Crippen LogP) is 1.48. The molecular formula is C10H19NO2S2. The molecule has 1 atom stereocenters. The minimum absolute atomic E-state index is 0.0649. The molecule has 0 aromatic rings. The Bertz CT molecular complexity index is 210. The number of amides is 1. The molecule has 1 amide bonds. The van der Waals surface area contributed by atoms with Crippen LogP contribution in [0.2, 0.25) is 0 Å². The zero-order valence-corrected chi connectivity index (χ0v) is 10.8. The van der Waals surface area contributed by atoms with Gasteiger partial charge < -0.3 is 5.32 Å². The van der Waals surface area contributed by atoms with Crippen molar-refractivity contribution in [2.45, 2.75) is 38.6 Å². The Hall–Kier alpha value is -0.160. The lowest BCUT2D eigenvalue weighted by Gasteiger charge is -2.14.